The first kappa shape index (κ1) is 22.7. The van der Waals surface area contributed by atoms with Crippen LogP contribution in [0.3, 0.4) is 0 Å². The number of aryl methyl sites for hydroxylation is 3. The zero-order chi connectivity index (χ0) is 24.7. The van der Waals surface area contributed by atoms with E-state index in [4.69, 9.17) is 14.0 Å². The van der Waals surface area contributed by atoms with Gasteiger partial charge in [0.15, 0.2) is 17.3 Å². The van der Waals surface area contributed by atoms with Crippen molar-refractivity contribution in [1.82, 2.24) is 14.9 Å². The normalized spacial score (nSPS) is 13.0. The van der Waals surface area contributed by atoms with Gasteiger partial charge in [0.05, 0.1) is 16.3 Å². The number of hydrogen-bond donors (Lipinski definition) is 1. The Morgan fingerprint density at radius 3 is 2.46 bits per heavy atom. The molecule has 0 atom stereocenters. The van der Waals surface area contributed by atoms with E-state index in [9.17, 15) is 13.2 Å². The second-order valence-electron chi connectivity index (χ2n) is 8.09. The summed E-state index contributed by atoms with van der Waals surface area (Å²) in [5.41, 5.74) is 2.46. The Morgan fingerprint density at radius 2 is 1.71 bits per heavy atom. The van der Waals surface area contributed by atoms with Gasteiger partial charge < -0.3 is 14.0 Å². The monoisotopic (exact) mass is 494 g/mol. The largest absolute Gasteiger partial charge is 0.486 e. The molecule has 0 amide bonds. The van der Waals surface area contributed by atoms with E-state index in [1.165, 1.54) is 16.8 Å². The molecule has 0 saturated heterocycles. The summed E-state index contributed by atoms with van der Waals surface area (Å²) in [4.78, 5) is 12.6. The van der Waals surface area contributed by atoms with Gasteiger partial charge in [-0.05, 0) is 50.6 Å². The minimum absolute atomic E-state index is 0.0850. The van der Waals surface area contributed by atoms with Crippen molar-refractivity contribution >= 4 is 15.7 Å². The average Bonchev–Trinajstić information content (AvgIpc) is 3.17. The molecule has 2 aromatic heterocycles. The van der Waals surface area contributed by atoms with E-state index in [0.717, 1.165) is 0 Å². The molecule has 0 unspecified atom stereocenters. The summed E-state index contributed by atoms with van der Waals surface area (Å²) in [6.45, 7) is 5.96. The van der Waals surface area contributed by atoms with Crippen LogP contribution in [0.5, 0.6) is 11.5 Å². The first-order chi connectivity index (χ1) is 16.7. The fourth-order valence-corrected chi connectivity index (χ4v) is 5.19. The van der Waals surface area contributed by atoms with E-state index in [0.29, 0.717) is 64.4 Å². The Kier molecular flexibility index (Phi) is 5.56. The van der Waals surface area contributed by atoms with Crippen molar-refractivity contribution in [2.75, 3.05) is 17.9 Å². The van der Waals surface area contributed by atoms with Crippen LogP contribution in [0.2, 0.25) is 0 Å². The summed E-state index contributed by atoms with van der Waals surface area (Å²) < 4.78 is 46.6. The molecule has 0 aliphatic carbocycles. The molecule has 1 aliphatic rings. The van der Waals surface area contributed by atoms with Gasteiger partial charge in [-0.25, -0.2) is 8.42 Å². The van der Waals surface area contributed by atoms with Gasteiger partial charge >= 0.3 is 0 Å². The van der Waals surface area contributed by atoms with E-state index < -0.39 is 10.0 Å². The van der Waals surface area contributed by atoms with Crippen molar-refractivity contribution in [3.8, 4) is 28.4 Å². The van der Waals surface area contributed by atoms with Crippen molar-refractivity contribution in [3.05, 3.63) is 75.9 Å². The molecule has 0 saturated carbocycles. The highest BCUT2D eigenvalue weighted by Crippen LogP contribution is 2.34. The number of hydrogen-bond acceptors (Lipinski definition) is 8. The molecule has 0 bridgehead atoms. The molecule has 3 heterocycles. The maximum atomic E-state index is 13.3. The van der Waals surface area contributed by atoms with Gasteiger partial charge in [-0.1, -0.05) is 17.3 Å². The lowest BCUT2D eigenvalue weighted by atomic mass is 10.1. The van der Waals surface area contributed by atoms with E-state index in [2.05, 4.69) is 15.0 Å². The third kappa shape index (κ3) is 4.26. The molecule has 10 nitrogen and oxygen atoms in total. The van der Waals surface area contributed by atoms with Crippen LogP contribution in [0, 0.1) is 20.8 Å². The lowest BCUT2D eigenvalue weighted by Gasteiger charge is -2.19. The number of aromatic nitrogens is 3. The zero-order valence-electron chi connectivity index (χ0n) is 19.2. The summed E-state index contributed by atoms with van der Waals surface area (Å²) in [5, 5.41) is 8.33. The van der Waals surface area contributed by atoms with Crippen molar-refractivity contribution in [1.29, 1.82) is 0 Å². The molecule has 2 aromatic carbocycles. The SMILES string of the molecule is Cc1ccc(-c2ccc(=O)n(-c3c(C)noc3C)n2)cc1S(=O)(=O)Nc1ccc2c(c1)OCCO2. The zero-order valence-corrected chi connectivity index (χ0v) is 20.0. The van der Waals surface area contributed by atoms with Crippen LogP contribution in [0.25, 0.3) is 16.9 Å². The molecule has 1 aliphatic heterocycles. The molecule has 11 heteroatoms. The minimum atomic E-state index is -3.94. The highest BCUT2D eigenvalue weighted by atomic mass is 32.2. The van der Waals surface area contributed by atoms with Crippen LogP contribution < -0.4 is 19.8 Å². The minimum Gasteiger partial charge on any atom is -0.486 e. The lowest BCUT2D eigenvalue weighted by Crippen LogP contribution is -2.21. The van der Waals surface area contributed by atoms with Gasteiger partial charge in [0, 0.05) is 17.7 Å². The van der Waals surface area contributed by atoms with Gasteiger partial charge in [0.1, 0.15) is 24.6 Å². The van der Waals surface area contributed by atoms with Crippen LogP contribution in [-0.2, 0) is 10.0 Å². The number of fused-ring (bicyclic) bond motifs is 1. The van der Waals surface area contributed by atoms with E-state index in [-0.39, 0.29) is 10.5 Å². The second-order valence-corrected chi connectivity index (χ2v) is 9.74. The van der Waals surface area contributed by atoms with E-state index in [1.54, 1.807) is 57.2 Å². The third-order valence-electron chi connectivity index (χ3n) is 5.58. The maximum absolute atomic E-state index is 13.3. The molecule has 0 spiro atoms. The number of benzene rings is 2. The van der Waals surface area contributed by atoms with Crippen LogP contribution in [0.15, 0.2) is 62.7 Å². The van der Waals surface area contributed by atoms with Gasteiger partial charge in [0.2, 0.25) is 0 Å². The summed E-state index contributed by atoms with van der Waals surface area (Å²) in [6.07, 6.45) is 0. The van der Waals surface area contributed by atoms with Crippen molar-refractivity contribution in [2.45, 2.75) is 25.7 Å². The Labute approximate surface area is 201 Å². The quantitative estimate of drug-likeness (QED) is 0.448. The number of ether oxygens (including phenoxy) is 2. The summed E-state index contributed by atoms with van der Waals surface area (Å²) in [6, 6.07) is 12.8. The lowest BCUT2D eigenvalue weighted by molar-refractivity contribution is 0.171. The topological polar surface area (TPSA) is 126 Å². The molecule has 180 valence electrons. The van der Waals surface area contributed by atoms with E-state index in [1.807, 2.05) is 0 Å². The highest BCUT2D eigenvalue weighted by molar-refractivity contribution is 7.92. The predicted octanol–water partition coefficient (Wildman–Crippen LogP) is 3.38. The van der Waals surface area contributed by atoms with Gasteiger partial charge in [-0.15, -0.1) is 0 Å². The number of anilines is 1. The Hall–Kier alpha value is -4.12. The van der Waals surface area contributed by atoms with E-state index >= 15 is 0 Å². The number of sulfonamides is 1. The first-order valence-electron chi connectivity index (χ1n) is 10.8. The summed E-state index contributed by atoms with van der Waals surface area (Å²) in [7, 11) is -3.94. The smallest absolute Gasteiger partial charge is 0.271 e. The number of rotatable bonds is 5. The standard InChI is InChI=1S/C24H22N4O6S/c1-14-4-5-17(19-7-9-23(29)28(25-19)24-15(2)26-34-16(24)3)12-22(14)35(30,31)27-18-6-8-20-21(13-18)33-11-10-32-20/h4-9,12-13,27H,10-11H2,1-3H3. The van der Waals surface area contributed by atoms with Crippen LogP contribution in [0.4, 0.5) is 5.69 Å². The van der Waals surface area contributed by atoms with Crippen LogP contribution in [-0.4, -0.2) is 36.6 Å². The molecule has 4 aromatic rings. The van der Waals surface area contributed by atoms with Gasteiger partial charge in [-0.3, -0.25) is 9.52 Å². The number of nitrogens with one attached hydrogen (secondary N) is 1. The number of nitrogens with zero attached hydrogens (tertiary/aromatic N) is 3. The summed E-state index contributed by atoms with van der Waals surface area (Å²) in [5.74, 6) is 1.50. The second kappa shape index (κ2) is 8.58. The van der Waals surface area contributed by atoms with Crippen molar-refractivity contribution in [3.63, 3.8) is 0 Å². The molecular weight excluding hydrogens is 472 g/mol. The van der Waals surface area contributed by atoms with Crippen LogP contribution >= 0.6 is 0 Å². The molecular formula is C24H22N4O6S. The Balaban J connectivity index is 1.52. The highest BCUT2D eigenvalue weighted by Gasteiger charge is 2.21. The average molecular weight is 495 g/mol. The summed E-state index contributed by atoms with van der Waals surface area (Å²) >= 11 is 0. The maximum Gasteiger partial charge on any atom is 0.271 e. The van der Waals surface area contributed by atoms with Gasteiger partial charge in [-0.2, -0.15) is 9.78 Å². The molecule has 5 rings (SSSR count). The molecule has 35 heavy (non-hydrogen) atoms. The molecule has 0 radical (unpaired) electrons. The van der Waals surface area contributed by atoms with Gasteiger partial charge in [0.25, 0.3) is 15.6 Å². The Morgan fingerprint density at radius 1 is 0.943 bits per heavy atom. The Bertz CT molecular complexity index is 1590. The molecule has 1 N–H and O–H groups in total. The van der Waals surface area contributed by atoms with Crippen molar-refractivity contribution < 1.29 is 22.4 Å². The fraction of sp³-hybridized carbons (Fsp3) is 0.208. The fourth-order valence-electron chi connectivity index (χ4n) is 3.87. The third-order valence-corrected chi connectivity index (χ3v) is 7.10. The molecule has 0 fully saturated rings. The predicted molar refractivity (Wildman–Crippen MR) is 128 cm³/mol. The van der Waals surface area contributed by atoms with Crippen molar-refractivity contribution in [2.24, 2.45) is 0 Å². The van der Waals surface area contributed by atoms with Crippen LogP contribution in [0.1, 0.15) is 17.0 Å². The first-order valence-corrected chi connectivity index (χ1v) is 12.3.